The van der Waals surface area contributed by atoms with Gasteiger partial charge in [0.05, 0.1) is 5.69 Å². The normalized spacial score (nSPS) is 10.9. The van der Waals surface area contributed by atoms with Crippen molar-refractivity contribution in [1.29, 1.82) is 0 Å². The van der Waals surface area contributed by atoms with Gasteiger partial charge in [-0.2, -0.15) is 0 Å². The molecule has 2 aromatic heterocycles. The van der Waals surface area contributed by atoms with Crippen LogP contribution in [0.2, 0.25) is 5.02 Å². The number of amides is 1. The number of nitrogens with one attached hydrogen (secondary N) is 1. The second-order valence-electron chi connectivity index (χ2n) is 5.63. The van der Waals surface area contributed by atoms with Crippen molar-refractivity contribution < 1.29 is 9.21 Å². The third kappa shape index (κ3) is 3.80. The quantitative estimate of drug-likeness (QED) is 0.404. The summed E-state index contributed by atoms with van der Waals surface area (Å²) in [5.41, 5.74) is 1.21. The number of rotatable bonds is 3. The highest BCUT2D eigenvalue weighted by Crippen LogP contribution is 2.26. The van der Waals surface area contributed by atoms with Gasteiger partial charge in [0.25, 0.3) is 5.91 Å². The largest absolute Gasteiger partial charge is 0.422 e. The molecule has 0 aliphatic carbocycles. The molecule has 27 heavy (non-hydrogen) atoms. The summed E-state index contributed by atoms with van der Waals surface area (Å²) in [6, 6.07) is 14.0. The minimum absolute atomic E-state index is 0.106. The molecule has 0 unspecified atom stereocenters. The van der Waals surface area contributed by atoms with Crippen molar-refractivity contribution >= 4 is 60.9 Å². The average molecular weight is 462 g/mol. The molecule has 0 spiro atoms. The number of carbonyl (C=O) groups is 1. The Morgan fingerprint density at radius 1 is 1.15 bits per heavy atom. The van der Waals surface area contributed by atoms with E-state index < -0.39 is 11.5 Å². The van der Waals surface area contributed by atoms with Gasteiger partial charge in [-0.05, 0) is 36.4 Å². The van der Waals surface area contributed by atoms with Crippen LogP contribution < -0.4 is 10.9 Å². The van der Waals surface area contributed by atoms with Gasteiger partial charge in [-0.15, -0.1) is 11.3 Å². The molecule has 0 radical (unpaired) electrons. The average Bonchev–Trinajstić information content (AvgIpc) is 3.10. The van der Waals surface area contributed by atoms with Gasteiger partial charge in [0.1, 0.15) is 11.1 Å². The van der Waals surface area contributed by atoms with Gasteiger partial charge < -0.3 is 4.42 Å². The Morgan fingerprint density at radius 3 is 2.70 bits per heavy atom. The van der Waals surface area contributed by atoms with Crippen molar-refractivity contribution in [2.75, 3.05) is 5.32 Å². The molecule has 0 fully saturated rings. The lowest BCUT2D eigenvalue weighted by atomic mass is 10.2. The molecule has 1 N–H and O–H groups in total. The molecule has 0 saturated carbocycles. The lowest BCUT2D eigenvalue weighted by Gasteiger charge is -2.03. The highest BCUT2D eigenvalue weighted by molar-refractivity contribution is 9.10. The standard InChI is InChI=1S/C19H10BrClN2O3S/c20-12-3-1-10(2-4-12)15-9-27-19(22-15)23-17(24)14-8-11-7-13(21)5-6-16(11)26-18(14)25/h1-9H,(H,22,23,24). The van der Waals surface area contributed by atoms with Crippen molar-refractivity contribution in [3.8, 4) is 11.3 Å². The number of hydrogen-bond donors (Lipinski definition) is 1. The zero-order valence-corrected chi connectivity index (χ0v) is 16.7. The molecule has 134 valence electrons. The number of aromatic nitrogens is 1. The van der Waals surface area contributed by atoms with Crippen LogP contribution in [0.4, 0.5) is 5.13 Å². The molecule has 0 aliphatic rings. The minimum atomic E-state index is -0.716. The monoisotopic (exact) mass is 460 g/mol. The van der Waals surface area contributed by atoms with Gasteiger partial charge >= 0.3 is 5.63 Å². The number of halogens is 2. The Labute approximate surface area is 170 Å². The second-order valence-corrected chi connectivity index (χ2v) is 7.84. The zero-order chi connectivity index (χ0) is 19.0. The number of hydrogen-bond acceptors (Lipinski definition) is 5. The summed E-state index contributed by atoms with van der Waals surface area (Å²) in [6.45, 7) is 0. The van der Waals surface area contributed by atoms with E-state index in [1.807, 2.05) is 29.6 Å². The van der Waals surface area contributed by atoms with E-state index in [-0.39, 0.29) is 5.56 Å². The molecule has 0 saturated heterocycles. The van der Waals surface area contributed by atoms with Crippen LogP contribution in [0.15, 0.2) is 67.6 Å². The van der Waals surface area contributed by atoms with Crippen LogP contribution in [-0.2, 0) is 0 Å². The van der Waals surface area contributed by atoms with E-state index in [1.54, 1.807) is 18.2 Å². The Bertz CT molecular complexity index is 1220. The van der Waals surface area contributed by atoms with Crippen molar-refractivity contribution in [3.05, 3.63) is 79.4 Å². The summed E-state index contributed by atoms with van der Waals surface area (Å²) in [7, 11) is 0. The number of benzene rings is 2. The van der Waals surface area contributed by atoms with Crippen LogP contribution in [0.1, 0.15) is 10.4 Å². The van der Waals surface area contributed by atoms with E-state index in [0.717, 1.165) is 15.7 Å². The highest BCUT2D eigenvalue weighted by Gasteiger charge is 2.16. The van der Waals surface area contributed by atoms with Gasteiger partial charge in [-0.3, -0.25) is 10.1 Å². The van der Waals surface area contributed by atoms with Crippen molar-refractivity contribution in [3.63, 3.8) is 0 Å². The third-order valence-electron chi connectivity index (χ3n) is 3.80. The molecule has 4 aromatic rings. The summed E-state index contributed by atoms with van der Waals surface area (Å²) < 4.78 is 6.17. The van der Waals surface area contributed by atoms with Crippen LogP contribution in [0.25, 0.3) is 22.2 Å². The van der Waals surface area contributed by atoms with Crippen LogP contribution >= 0.6 is 38.9 Å². The number of carbonyl (C=O) groups excluding carboxylic acids is 1. The first-order chi connectivity index (χ1) is 13.0. The zero-order valence-electron chi connectivity index (χ0n) is 13.5. The number of fused-ring (bicyclic) bond motifs is 1. The van der Waals surface area contributed by atoms with Gasteiger partial charge in [-0.25, -0.2) is 9.78 Å². The topological polar surface area (TPSA) is 72.2 Å². The molecular formula is C19H10BrClN2O3S. The predicted molar refractivity (Wildman–Crippen MR) is 111 cm³/mol. The van der Waals surface area contributed by atoms with Crippen LogP contribution in [-0.4, -0.2) is 10.9 Å². The van der Waals surface area contributed by atoms with E-state index in [2.05, 4.69) is 26.2 Å². The lowest BCUT2D eigenvalue weighted by Crippen LogP contribution is -2.20. The molecule has 4 rings (SSSR count). The molecule has 1 amide bonds. The van der Waals surface area contributed by atoms with Crippen LogP contribution in [0.5, 0.6) is 0 Å². The number of nitrogens with zero attached hydrogens (tertiary/aromatic N) is 1. The highest BCUT2D eigenvalue weighted by atomic mass is 79.9. The summed E-state index contributed by atoms with van der Waals surface area (Å²) in [6.07, 6.45) is 0. The Kier molecular flexibility index (Phi) is 4.82. The van der Waals surface area contributed by atoms with Crippen molar-refractivity contribution in [2.24, 2.45) is 0 Å². The van der Waals surface area contributed by atoms with E-state index in [1.165, 1.54) is 17.4 Å². The van der Waals surface area contributed by atoms with E-state index in [4.69, 9.17) is 16.0 Å². The molecule has 2 heterocycles. The van der Waals surface area contributed by atoms with Gasteiger partial charge in [0.2, 0.25) is 0 Å². The first kappa shape index (κ1) is 17.9. The van der Waals surface area contributed by atoms with Crippen LogP contribution in [0, 0.1) is 0 Å². The molecule has 0 atom stereocenters. The Hall–Kier alpha value is -2.48. The summed E-state index contributed by atoms with van der Waals surface area (Å²) in [5.74, 6) is -0.581. The maximum atomic E-state index is 12.5. The molecule has 0 bridgehead atoms. The molecule has 0 aliphatic heterocycles. The fourth-order valence-electron chi connectivity index (χ4n) is 2.50. The van der Waals surface area contributed by atoms with E-state index in [0.29, 0.717) is 21.1 Å². The van der Waals surface area contributed by atoms with Crippen molar-refractivity contribution in [2.45, 2.75) is 0 Å². The summed E-state index contributed by atoms with van der Waals surface area (Å²) >= 11 is 10.6. The minimum Gasteiger partial charge on any atom is -0.422 e. The first-order valence-corrected chi connectivity index (χ1v) is 9.81. The maximum Gasteiger partial charge on any atom is 0.349 e. The van der Waals surface area contributed by atoms with Gasteiger partial charge in [0.15, 0.2) is 5.13 Å². The maximum absolute atomic E-state index is 12.5. The molecular weight excluding hydrogens is 452 g/mol. The fourth-order valence-corrected chi connectivity index (χ4v) is 3.66. The summed E-state index contributed by atoms with van der Waals surface area (Å²) in [5, 5.41) is 5.93. The van der Waals surface area contributed by atoms with E-state index >= 15 is 0 Å². The van der Waals surface area contributed by atoms with Gasteiger partial charge in [-0.1, -0.05) is 39.7 Å². The predicted octanol–water partition coefficient (Wildman–Crippen LogP) is 5.58. The Balaban J connectivity index is 1.61. The van der Waals surface area contributed by atoms with Crippen molar-refractivity contribution in [1.82, 2.24) is 4.98 Å². The molecule has 8 heteroatoms. The van der Waals surface area contributed by atoms with Crippen LogP contribution in [0.3, 0.4) is 0 Å². The SMILES string of the molecule is O=C(Nc1nc(-c2ccc(Br)cc2)cs1)c1cc2cc(Cl)ccc2oc1=O. The van der Waals surface area contributed by atoms with Gasteiger partial charge in [0, 0.05) is 25.8 Å². The van der Waals surface area contributed by atoms with E-state index in [9.17, 15) is 9.59 Å². The summed E-state index contributed by atoms with van der Waals surface area (Å²) in [4.78, 5) is 29.0. The smallest absolute Gasteiger partial charge is 0.349 e. The molecule has 2 aromatic carbocycles. The number of thiazole rings is 1. The second kappa shape index (κ2) is 7.26. The Morgan fingerprint density at radius 2 is 1.93 bits per heavy atom. The fraction of sp³-hybridized carbons (Fsp3) is 0. The molecule has 5 nitrogen and oxygen atoms in total. The lowest BCUT2D eigenvalue weighted by molar-refractivity contribution is 0.102. The number of anilines is 1. The first-order valence-electron chi connectivity index (χ1n) is 7.76. The third-order valence-corrected chi connectivity index (χ3v) is 5.32.